The highest BCUT2D eigenvalue weighted by molar-refractivity contribution is 4.83. The van der Waals surface area contributed by atoms with E-state index < -0.39 is 0 Å². The Morgan fingerprint density at radius 1 is 1.14 bits per heavy atom. The molecule has 3 nitrogen and oxygen atoms in total. The lowest BCUT2D eigenvalue weighted by Crippen LogP contribution is -2.32. The van der Waals surface area contributed by atoms with Crippen LogP contribution in [0.2, 0.25) is 0 Å². The second-order valence-electron chi connectivity index (χ2n) is 4.09. The highest BCUT2D eigenvalue weighted by atomic mass is 15.1. The van der Waals surface area contributed by atoms with E-state index in [1.54, 1.807) is 0 Å². The molecule has 78 valence electrons. The first-order valence-corrected chi connectivity index (χ1v) is 5.09. The van der Waals surface area contributed by atoms with E-state index in [0.29, 0.717) is 12.3 Å². The van der Waals surface area contributed by atoms with Crippen LogP contribution in [0, 0.1) is 34.5 Å². The molecule has 0 aliphatic rings. The van der Waals surface area contributed by atoms with Crippen LogP contribution in [-0.4, -0.2) is 24.5 Å². The van der Waals surface area contributed by atoms with Gasteiger partial charge in [-0.25, -0.2) is 0 Å². The average Bonchev–Trinajstić information content (AvgIpc) is 2.13. The van der Waals surface area contributed by atoms with Crippen LogP contribution in [-0.2, 0) is 0 Å². The van der Waals surface area contributed by atoms with Gasteiger partial charge in [-0.3, -0.25) is 0 Å². The van der Waals surface area contributed by atoms with E-state index in [-0.39, 0.29) is 5.92 Å². The Bertz CT molecular complexity index is 222. The Labute approximate surface area is 86.9 Å². The predicted molar refractivity (Wildman–Crippen MR) is 56.3 cm³/mol. The molecule has 0 saturated heterocycles. The van der Waals surface area contributed by atoms with Crippen LogP contribution in [0.5, 0.6) is 0 Å². The molecule has 0 aliphatic carbocycles. The summed E-state index contributed by atoms with van der Waals surface area (Å²) in [6.45, 7) is 8.73. The summed E-state index contributed by atoms with van der Waals surface area (Å²) in [5.74, 6) is 0.632. The molecule has 0 bridgehead atoms. The Hall–Kier alpha value is -1.06. The minimum Gasteiger partial charge on any atom is -0.301 e. The summed E-state index contributed by atoms with van der Waals surface area (Å²) in [4.78, 5) is 2.20. The van der Waals surface area contributed by atoms with Gasteiger partial charge in [0.2, 0.25) is 0 Å². The predicted octanol–water partition coefficient (Wildman–Crippen LogP) is 2.02. The van der Waals surface area contributed by atoms with Gasteiger partial charge in [-0.15, -0.1) is 0 Å². The van der Waals surface area contributed by atoms with Gasteiger partial charge in [0.25, 0.3) is 0 Å². The zero-order valence-electron chi connectivity index (χ0n) is 9.32. The third kappa shape index (κ3) is 6.46. The summed E-state index contributed by atoms with van der Waals surface area (Å²) >= 11 is 0. The second kappa shape index (κ2) is 7.35. The Morgan fingerprint density at radius 2 is 1.79 bits per heavy atom. The third-order valence-corrected chi connectivity index (χ3v) is 1.92. The monoisotopic (exact) mass is 193 g/mol. The van der Waals surface area contributed by atoms with Crippen molar-refractivity contribution in [2.45, 2.75) is 27.2 Å². The zero-order valence-corrected chi connectivity index (χ0v) is 9.32. The molecule has 1 atom stereocenters. The lowest BCUT2D eigenvalue weighted by Gasteiger charge is -2.23. The van der Waals surface area contributed by atoms with Crippen LogP contribution in [0.4, 0.5) is 0 Å². The van der Waals surface area contributed by atoms with Gasteiger partial charge in [-0.2, -0.15) is 10.5 Å². The van der Waals surface area contributed by atoms with Crippen molar-refractivity contribution >= 4 is 0 Å². The van der Waals surface area contributed by atoms with Crippen molar-refractivity contribution in [3.8, 4) is 12.1 Å². The van der Waals surface area contributed by atoms with Gasteiger partial charge in [0.1, 0.15) is 0 Å². The van der Waals surface area contributed by atoms with Crippen molar-refractivity contribution in [1.29, 1.82) is 10.5 Å². The highest BCUT2D eigenvalue weighted by Gasteiger charge is 2.10. The van der Waals surface area contributed by atoms with Crippen molar-refractivity contribution in [3.05, 3.63) is 0 Å². The molecular formula is C11H19N3. The Balaban J connectivity index is 3.99. The molecule has 0 aromatic heterocycles. The van der Waals surface area contributed by atoms with Gasteiger partial charge in [0.05, 0.1) is 18.1 Å². The fraction of sp³-hybridized carbons (Fsp3) is 0.818. The van der Waals surface area contributed by atoms with Crippen molar-refractivity contribution in [1.82, 2.24) is 4.90 Å². The van der Waals surface area contributed by atoms with Crippen molar-refractivity contribution < 1.29 is 0 Å². The molecule has 0 aromatic rings. The van der Waals surface area contributed by atoms with Crippen molar-refractivity contribution in [2.24, 2.45) is 11.8 Å². The molecule has 1 unspecified atom stereocenters. The number of hydrogen-bond acceptors (Lipinski definition) is 3. The van der Waals surface area contributed by atoms with Crippen LogP contribution in [0.1, 0.15) is 27.2 Å². The molecule has 14 heavy (non-hydrogen) atoms. The summed E-state index contributed by atoms with van der Waals surface area (Å²) in [5, 5.41) is 17.2. The van der Waals surface area contributed by atoms with E-state index in [4.69, 9.17) is 10.5 Å². The Morgan fingerprint density at radius 3 is 2.21 bits per heavy atom. The first-order chi connectivity index (χ1) is 6.60. The van der Waals surface area contributed by atoms with Crippen molar-refractivity contribution in [3.63, 3.8) is 0 Å². The summed E-state index contributed by atoms with van der Waals surface area (Å²) in [7, 11) is 0. The quantitative estimate of drug-likeness (QED) is 0.648. The standard InChI is InChI=1S/C11H19N3/c1-10(2)8-14(6-4-5-12)9-11(3)7-13/h10-11H,4,6,8-9H2,1-3H3. The molecule has 0 spiro atoms. The summed E-state index contributed by atoms with van der Waals surface area (Å²) in [5.41, 5.74) is 0. The maximum atomic E-state index is 8.70. The molecule has 0 heterocycles. The number of nitriles is 2. The zero-order chi connectivity index (χ0) is 11.0. The largest absolute Gasteiger partial charge is 0.301 e. The van der Waals surface area contributed by atoms with Gasteiger partial charge in [-0.1, -0.05) is 13.8 Å². The molecule has 3 heteroatoms. The van der Waals surface area contributed by atoms with E-state index in [2.05, 4.69) is 30.9 Å². The Kier molecular flexibility index (Phi) is 6.80. The summed E-state index contributed by atoms with van der Waals surface area (Å²) in [6.07, 6.45) is 0.546. The molecule has 0 aromatic carbocycles. The van der Waals surface area contributed by atoms with E-state index in [9.17, 15) is 0 Å². The lowest BCUT2D eigenvalue weighted by atomic mass is 10.1. The van der Waals surface area contributed by atoms with Crippen LogP contribution in [0.15, 0.2) is 0 Å². The lowest BCUT2D eigenvalue weighted by molar-refractivity contribution is 0.233. The topological polar surface area (TPSA) is 50.8 Å². The maximum absolute atomic E-state index is 8.70. The highest BCUT2D eigenvalue weighted by Crippen LogP contribution is 2.04. The van der Waals surface area contributed by atoms with Crippen LogP contribution in [0.3, 0.4) is 0 Å². The van der Waals surface area contributed by atoms with E-state index in [0.717, 1.165) is 19.6 Å². The van der Waals surface area contributed by atoms with E-state index in [1.165, 1.54) is 0 Å². The minimum atomic E-state index is 0.0486. The van der Waals surface area contributed by atoms with Crippen molar-refractivity contribution in [2.75, 3.05) is 19.6 Å². The van der Waals surface area contributed by atoms with Crippen LogP contribution in [0.25, 0.3) is 0 Å². The van der Waals surface area contributed by atoms with Gasteiger partial charge in [-0.05, 0) is 12.8 Å². The maximum Gasteiger partial charge on any atom is 0.0666 e. The number of nitrogens with zero attached hydrogens (tertiary/aromatic N) is 3. The van der Waals surface area contributed by atoms with E-state index in [1.807, 2.05) is 6.92 Å². The normalized spacial score (nSPS) is 12.5. The van der Waals surface area contributed by atoms with Gasteiger partial charge < -0.3 is 4.90 Å². The van der Waals surface area contributed by atoms with Gasteiger partial charge >= 0.3 is 0 Å². The van der Waals surface area contributed by atoms with Gasteiger partial charge in [0, 0.05) is 26.1 Å². The average molecular weight is 193 g/mol. The molecule has 0 N–H and O–H groups in total. The van der Waals surface area contributed by atoms with E-state index >= 15 is 0 Å². The number of hydrogen-bond donors (Lipinski definition) is 0. The second-order valence-corrected chi connectivity index (χ2v) is 4.09. The third-order valence-electron chi connectivity index (χ3n) is 1.92. The molecule has 0 amide bonds. The minimum absolute atomic E-state index is 0.0486. The molecular weight excluding hydrogens is 174 g/mol. The fourth-order valence-electron chi connectivity index (χ4n) is 1.41. The molecule has 0 saturated carbocycles. The van der Waals surface area contributed by atoms with Crippen LogP contribution < -0.4 is 0 Å². The van der Waals surface area contributed by atoms with Gasteiger partial charge in [0.15, 0.2) is 0 Å². The SMILES string of the molecule is CC(C)CN(CCC#N)CC(C)C#N. The molecule has 0 fully saturated rings. The first kappa shape index (κ1) is 12.9. The molecule has 0 radical (unpaired) electrons. The van der Waals surface area contributed by atoms with Crippen LogP contribution >= 0.6 is 0 Å². The fourth-order valence-corrected chi connectivity index (χ4v) is 1.41. The molecule has 0 aliphatic heterocycles. The smallest absolute Gasteiger partial charge is 0.0666 e. The summed E-state index contributed by atoms with van der Waals surface area (Å²) < 4.78 is 0. The molecule has 0 rings (SSSR count). The summed E-state index contributed by atoms with van der Waals surface area (Å²) in [6, 6.07) is 4.36. The number of rotatable bonds is 6. The first-order valence-electron chi connectivity index (χ1n) is 5.09.